The molecule has 0 saturated carbocycles. The summed E-state index contributed by atoms with van der Waals surface area (Å²) >= 11 is 10.7. The highest BCUT2D eigenvalue weighted by atomic mass is 35.5. The highest BCUT2D eigenvalue weighted by molar-refractivity contribution is 7.80. The Balaban J connectivity index is 2.30. The minimum Gasteiger partial charge on any atom is -0.437 e. The summed E-state index contributed by atoms with van der Waals surface area (Å²) in [7, 11) is 0. The minimum absolute atomic E-state index is 0.212. The molecule has 1 heterocycles. The van der Waals surface area contributed by atoms with E-state index in [0.717, 1.165) is 0 Å². The smallest absolute Gasteiger partial charge is 0.249 e. The average molecular weight is 266 g/mol. The molecule has 0 fully saturated rings. The number of ether oxygens (including phenoxy) is 1. The van der Waals surface area contributed by atoms with Crippen LogP contribution >= 0.6 is 23.8 Å². The zero-order valence-corrected chi connectivity index (χ0v) is 10.2. The number of nitrogens with two attached hydrogens (primary N) is 1. The third-order valence-corrected chi connectivity index (χ3v) is 2.45. The summed E-state index contributed by atoms with van der Waals surface area (Å²) in [5, 5.41) is 8.20. The topological polar surface area (TPSA) is 61.0 Å². The third kappa shape index (κ3) is 2.89. The molecule has 1 aromatic carbocycles. The maximum absolute atomic E-state index is 5.77. The molecule has 0 atom stereocenters. The van der Waals surface area contributed by atoms with Crippen LogP contribution in [0.25, 0.3) is 0 Å². The molecule has 0 aliphatic carbocycles. The fourth-order valence-corrected chi connectivity index (χ4v) is 1.48. The first kappa shape index (κ1) is 11.8. The molecule has 0 amide bonds. The summed E-state index contributed by atoms with van der Waals surface area (Å²) < 4.78 is 5.53. The van der Waals surface area contributed by atoms with E-state index in [-0.39, 0.29) is 10.9 Å². The molecule has 0 spiro atoms. The van der Waals surface area contributed by atoms with Gasteiger partial charge in [0.25, 0.3) is 0 Å². The Hall–Kier alpha value is -1.72. The highest BCUT2D eigenvalue weighted by Gasteiger charge is 2.08. The van der Waals surface area contributed by atoms with E-state index in [1.54, 1.807) is 30.3 Å². The molecule has 4 nitrogen and oxygen atoms in total. The van der Waals surface area contributed by atoms with Gasteiger partial charge in [0.2, 0.25) is 5.88 Å². The van der Waals surface area contributed by atoms with Crippen molar-refractivity contribution in [3.05, 3.63) is 47.1 Å². The Labute approximate surface area is 108 Å². The molecule has 6 heteroatoms. The summed E-state index contributed by atoms with van der Waals surface area (Å²) in [5.74, 6) is 0.870. The number of benzene rings is 1. The molecule has 17 heavy (non-hydrogen) atoms. The molecule has 2 rings (SSSR count). The van der Waals surface area contributed by atoms with E-state index < -0.39 is 0 Å². The van der Waals surface area contributed by atoms with Crippen LogP contribution in [0.2, 0.25) is 5.02 Å². The lowest BCUT2D eigenvalue weighted by Gasteiger charge is -2.07. The van der Waals surface area contributed by atoms with Gasteiger partial charge in [-0.25, -0.2) is 0 Å². The van der Waals surface area contributed by atoms with Crippen molar-refractivity contribution < 1.29 is 4.74 Å². The van der Waals surface area contributed by atoms with E-state index >= 15 is 0 Å². The Morgan fingerprint density at radius 2 is 1.94 bits per heavy atom. The molecule has 0 aliphatic heterocycles. The van der Waals surface area contributed by atoms with E-state index in [1.165, 1.54) is 6.20 Å². The SMILES string of the molecule is NC(=S)c1ccnnc1Oc1ccc(Cl)cc1. The van der Waals surface area contributed by atoms with Gasteiger partial charge in [-0.15, -0.1) is 5.10 Å². The number of rotatable bonds is 3. The number of nitrogens with zero attached hydrogens (tertiary/aromatic N) is 2. The van der Waals surface area contributed by atoms with Crippen LogP contribution in [0, 0.1) is 0 Å². The zero-order valence-electron chi connectivity index (χ0n) is 8.63. The van der Waals surface area contributed by atoms with Gasteiger partial charge in [0, 0.05) is 5.02 Å². The number of aromatic nitrogens is 2. The molecule has 0 unspecified atom stereocenters. The van der Waals surface area contributed by atoms with Gasteiger partial charge in [0.1, 0.15) is 10.7 Å². The van der Waals surface area contributed by atoms with E-state index in [2.05, 4.69) is 10.2 Å². The first-order valence-corrected chi connectivity index (χ1v) is 5.50. The van der Waals surface area contributed by atoms with Crippen molar-refractivity contribution in [3.63, 3.8) is 0 Å². The second kappa shape index (κ2) is 5.07. The normalized spacial score (nSPS) is 9.94. The zero-order chi connectivity index (χ0) is 12.3. The Bertz CT molecular complexity index is 545. The van der Waals surface area contributed by atoms with Crippen molar-refractivity contribution >= 4 is 28.8 Å². The highest BCUT2D eigenvalue weighted by Crippen LogP contribution is 2.23. The summed E-state index contributed by atoms with van der Waals surface area (Å²) in [4.78, 5) is 0.212. The molecular weight excluding hydrogens is 258 g/mol. The van der Waals surface area contributed by atoms with Crippen LogP contribution < -0.4 is 10.5 Å². The Kier molecular flexibility index (Phi) is 3.51. The molecule has 0 aliphatic rings. The molecule has 2 N–H and O–H groups in total. The van der Waals surface area contributed by atoms with Crippen LogP contribution in [0.4, 0.5) is 0 Å². The molecule has 86 valence electrons. The standard InChI is InChI=1S/C11H8ClN3OS/c12-7-1-3-8(4-2-7)16-11-9(10(13)17)5-6-14-15-11/h1-6H,(H2,13,17). The predicted molar refractivity (Wildman–Crippen MR) is 69.4 cm³/mol. The monoisotopic (exact) mass is 265 g/mol. The number of hydrogen-bond acceptors (Lipinski definition) is 4. The van der Waals surface area contributed by atoms with Crippen LogP contribution in [0.15, 0.2) is 36.5 Å². The molecular formula is C11H8ClN3OS. The van der Waals surface area contributed by atoms with Crippen LogP contribution in [-0.2, 0) is 0 Å². The number of halogens is 1. The number of hydrogen-bond donors (Lipinski definition) is 1. The van der Waals surface area contributed by atoms with E-state index in [4.69, 9.17) is 34.3 Å². The van der Waals surface area contributed by atoms with Crippen LogP contribution in [0.1, 0.15) is 5.56 Å². The minimum atomic E-state index is 0.212. The molecule has 0 bridgehead atoms. The van der Waals surface area contributed by atoms with Crippen molar-refractivity contribution in [1.82, 2.24) is 10.2 Å². The lowest BCUT2D eigenvalue weighted by atomic mass is 10.3. The fourth-order valence-electron chi connectivity index (χ4n) is 1.20. The van der Waals surface area contributed by atoms with Crippen LogP contribution in [0.3, 0.4) is 0 Å². The second-order valence-electron chi connectivity index (χ2n) is 3.17. The molecule has 1 aromatic heterocycles. The van der Waals surface area contributed by atoms with Gasteiger partial charge in [-0.2, -0.15) is 5.10 Å². The largest absolute Gasteiger partial charge is 0.437 e. The van der Waals surface area contributed by atoms with Crippen molar-refractivity contribution in [1.29, 1.82) is 0 Å². The molecule has 2 aromatic rings. The van der Waals surface area contributed by atoms with Gasteiger partial charge in [-0.3, -0.25) is 0 Å². The van der Waals surface area contributed by atoms with E-state index in [0.29, 0.717) is 16.3 Å². The summed E-state index contributed by atoms with van der Waals surface area (Å²) in [6, 6.07) is 8.53. The second-order valence-corrected chi connectivity index (χ2v) is 4.05. The van der Waals surface area contributed by atoms with Gasteiger partial charge in [0.05, 0.1) is 11.8 Å². The van der Waals surface area contributed by atoms with Gasteiger partial charge in [0.15, 0.2) is 0 Å². The van der Waals surface area contributed by atoms with Gasteiger partial charge in [-0.05, 0) is 30.3 Å². The van der Waals surface area contributed by atoms with Gasteiger partial charge >= 0.3 is 0 Å². The van der Waals surface area contributed by atoms with Gasteiger partial charge in [-0.1, -0.05) is 23.8 Å². The lowest BCUT2D eigenvalue weighted by molar-refractivity contribution is 0.454. The maximum atomic E-state index is 5.77. The van der Waals surface area contributed by atoms with Crippen molar-refractivity contribution in [2.75, 3.05) is 0 Å². The van der Waals surface area contributed by atoms with Crippen molar-refractivity contribution in [3.8, 4) is 11.6 Å². The predicted octanol–water partition coefficient (Wildman–Crippen LogP) is 2.56. The summed E-state index contributed by atoms with van der Waals surface area (Å²) in [5.41, 5.74) is 6.10. The van der Waals surface area contributed by atoms with Gasteiger partial charge < -0.3 is 10.5 Å². The molecule has 0 radical (unpaired) electrons. The van der Waals surface area contributed by atoms with E-state index in [1.807, 2.05) is 0 Å². The van der Waals surface area contributed by atoms with Crippen LogP contribution in [-0.4, -0.2) is 15.2 Å². The number of thiocarbonyl (C=S) groups is 1. The summed E-state index contributed by atoms with van der Waals surface area (Å²) in [6.07, 6.45) is 1.50. The first-order chi connectivity index (χ1) is 8.16. The van der Waals surface area contributed by atoms with Crippen molar-refractivity contribution in [2.45, 2.75) is 0 Å². The maximum Gasteiger partial charge on any atom is 0.249 e. The van der Waals surface area contributed by atoms with Crippen molar-refractivity contribution in [2.24, 2.45) is 5.73 Å². The average Bonchev–Trinajstić information content (AvgIpc) is 2.32. The third-order valence-electron chi connectivity index (χ3n) is 1.98. The van der Waals surface area contributed by atoms with Crippen LogP contribution in [0.5, 0.6) is 11.6 Å². The van der Waals surface area contributed by atoms with E-state index in [9.17, 15) is 0 Å². The first-order valence-electron chi connectivity index (χ1n) is 4.72. The lowest BCUT2D eigenvalue weighted by Crippen LogP contribution is -2.11. The Morgan fingerprint density at radius 1 is 1.24 bits per heavy atom. The molecule has 0 saturated heterocycles. The fraction of sp³-hybridized carbons (Fsp3) is 0. The quantitative estimate of drug-likeness (QED) is 0.865. The summed E-state index contributed by atoms with van der Waals surface area (Å²) in [6.45, 7) is 0. The Morgan fingerprint density at radius 3 is 2.59 bits per heavy atom.